The third-order valence-corrected chi connectivity index (χ3v) is 5.33. The number of hydrogen-bond donors (Lipinski definition) is 2. The molecule has 1 unspecified atom stereocenters. The Bertz CT molecular complexity index is 779. The first kappa shape index (κ1) is 21.3. The molecule has 3 rings (SSSR count). The van der Waals surface area contributed by atoms with Gasteiger partial charge in [-0.05, 0) is 48.6 Å². The fourth-order valence-electron chi connectivity index (χ4n) is 3.74. The lowest BCUT2D eigenvalue weighted by molar-refractivity contribution is 0.0937. The fourth-order valence-corrected chi connectivity index (χ4v) is 3.74. The van der Waals surface area contributed by atoms with Crippen molar-refractivity contribution in [2.24, 2.45) is 5.92 Å². The summed E-state index contributed by atoms with van der Waals surface area (Å²) in [5.41, 5.74) is 3.20. The highest BCUT2D eigenvalue weighted by Gasteiger charge is 2.17. The van der Waals surface area contributed by atoms with Gasteiger partial charge >= 0.3 is 0 Å². The van der Waals surface area contributed by atoms with E-state index in [1.54, 1.807) is 19.4 Å². The van der Waals surface area contributed by atoms with Gasteiger partial charge in [-0.15, -0.1) is 0 Å². The van der Waals surface area contributed by atoms with Gasteiger partial charge in [0.1, 0.15) is 5.82 Å². The molecular formula is C23H32N4O2. The largest absolute Gasteiger partial charge is 0.383 e. The summed E-state index contributed by atoms with van der Waals surface area (Å²) in [5.74, 6) is 1.41. The van der Waals surface area contributed by atoms with Gasteiger partial charge in [-0.1, -0.05) is 31.2 Å². The van der Waals surface area contributed by atoms with Crippen LogP contribution in [0.5, 0.6) is 0 Å². The molecule has 0 saturated carbocycles. The van der Waals surface area contributed by atoms with Crippen LogP contribution in [0.15, 0.2) is 42.6 Å². The molecule has 1 atom stereocenters. The number of anilines is 1. The zero-order valence-corrected chi connectivity index (χ0v) is 17.5. The summed E-state index contributed by atoms with van der Waals surface area (Å²) in [6.07, 6.45) is 4.23. The van der Waals surface area contributed by atoms with Crippen LogP contribution in [-0.4, -0.2) is 49.1 Å². The number of likely N-dealkylation sites (tertiary alicyclic amines) is 1. The number of nitrogens with zero attached hydrogens (tertiary/aromatic N) is 2. The van der Waals surface area contributed by atoms with E-state index in [-0.39, 0.29) is 5.91 Å². The molecule has 6 heteroatoms. The molecule has 1 aliphatic heterocycles. The SMILES string of the molecule is COCCNC(=O)c1ccc(NCc2ccccc2CN2CCCC(C)C2)nc1. The van der Waals surface area contributed by atoms with E-state index < -0.39 is 0 Å². The Labute approximate surface area is 173 Å². The summed E-state index contributed by atoms with van der Waals surface area (Å²) >= 11 is 0. The minimum Gasteiger partial charge on any atom is -0.383 e. The lowest BCUT2D eigenvalue weighted by Gasteiger charge is -2.31. The van der Waals surface area contributed by atoms with E-state index in [4.69, 9.17) is 4.74 Å². The van der Waals surface area contributed by atoms with E-state index in [0.29, 0.717) is 25.3 Å². The third kappa shape index (κ3) is 6.54. The number of pyridine rings is 1. The molecule has 2 N–H and O–H groups in total. The maximum Gasteiger partial charge on any atom is 0.252 e. The van der Waals surface area contributed by atoms with Crippen molar-refractivity contribution < 1.29 is 9.53 Å². The number of piperidine rings is 1. The highest BCUT2D eigenvalue weighted by Crippen LogP contribution is 2.20. The molecule has 1 amide bonds. The van der Waals surface area contributed by atoms with Crippen LogP contribution in [0.3, 0.4) is 0 Å². The minimum absolute atomic E-state index is 0.137. The standard InChI is InChI=1S/C23H32N4O2/c1-18-6-5-12-27(16-18)17-21-8-4-3-7-19(21)14-25-22-10-9-20(15-26-22)23(28)24-11-13-29-2/h3-4,7-10,15,18H,5-6,11-14,16-17H2,1-2H3,(H,24,28)(H,25,26). The highest BCUT2D eigenvalue weighted by molar-refractivity contribution is 5.94. The van der Waals surface area contributed by atoms with Crippen LogP contribution in [0.25, 0.3) is 0 Å². The van der Waals surface area contributed by atoms with Gasteiger partial charge in [-0.2, -0.15) is 0 Å². The van der Waals surface area contributed by atoms with Crippen molar-refractivity contribution in [3.63, 3.8) is 0 Å². The minimum atomic E-state index is -0.137. The average Bonchev–Trinajstić information content (AvgIpc) is 2.74. The molecule has 156 valence electrons. The van der Waals surface area contributed by atoms with E-state index >= 15 is 0 Å². The highest BCUT2D eigenvalue weighted by atomic mass is 16.5. The van der Waals surface area contributed by atoms with Crippen molar-refractivity contribution in [1.82, 2.24) is 15.2 Å². The number of amides is 1. The molecule has 1 aliphatic rings. The maximum absolute atomic E-state index is 12.0. The molecule has 2 heterocycles. The van der Waals surface area contributed by atoms with Crippen LogP contribution in [-0.2, 0) is 17.8 Å². The van der Waals surface area contributed by atoms with Crippen LogP contribution in [0, 0.1) is 5.92 Å². The predicted octanol–water partition coefficient (Wildman–Crippen LogP) is 3.30. The van der Waals surface area contributed by atoms with Crippen LogP contribution >= 0.6 is 0 Å². The van der Waals surface area contributed by atoms with Gasteiger partial charge in [0.15, 0.2) is 0 Å². The van der Waals surface area contributed by atoms with Gasteiger partial charge in [0.2, 0.25) is 0 Å². The first-order valence-corrected chi connectivity index (χ1v) is 10.4. The Hall–Kier alpha value is -2.44. The van der Waals surface area contributed by atoms with Crippen molar-refractivity contribution in [2.75, 3.05) is 38.7 Å². The van der Waals surface area contributed by atoms with E-state index in [1.165, 1.54) is 37.1 Å². The lowest BCUT2D eigenvalue weighted by atomic mass is 9.99. The number of rotatable bonds is 9. The topological polar surface area (TPSA) is 66.5 Å². The zero-order chi connectivity index (χ0) is 20.5. The monoisotopic (exact) mass is 396 g/mol. The summed E-state index contributed by atoms with van der Waals surface area (Å²) in [7, 11) is 1.61. The number of benzene rings is 1. The van der Waals surface area contributed by atoms with Crippen LogP contribution in [0.2, 0.25) is 0 Å². The number of aromatic nitrogens is 1. The average molecular weight is 397 g/mol. The molecule has 0 spiro atoms. The summed E-state index contributed by atoms with van der Waals surface area (Å²) in [4.78, 5) is 19.0. The zero-order valence-electron chi connectivity index (χ0n) is 17.5. The first-order chi connectivity index (χ1) is 14.2. The molecule has 0 bridgehead atoms. The third-order valence-electron chi connectivity index (χ3n) is 5.33. The van der Waals surface area contributed by atoms with Crippen molar-refractivity contribution in [3.05, 3.63) is 59.3 Å². The van der Waals surface area contributed by atoms with Gasteiger partial charge in [-0.3, -0.25) is 9.69 Å². The summed E-state index contributed by atoms with van der Waals surface area (Å²) in [6.45, 7) is 7.39. The van der Waals surface area contributed by atoms with E-state index in [1.807, 2.05) is 6.07 Å². The van der Waals surface area contributed by atoms with Crippen molar-refractivity contribution in [1.29, 1.82) is 0 Å². The Balaban J connectivity index is 1.55. The summed E-state index contributed by atoms with van der Waals surface area (Å²) < 4.78 is 4.94. The number of hydrogen-bond acceptors (Lipinski definition) is 5. The number of carbonyl (C=O) groups is 1. The molecule has 1 aromatic carbocycles. The normalized spacial score (nSPS) is 17.1. The van der Waals surface area contributed by atoms with Crippen LogP contribution < -0.4 is 10.6 Å². The van der Waals surface area contributed by atoms with Gasteiger partial charge in [0.05, 0.1) is 12.2 Å². The van der Waals surface area contributed by atoms with Gasteiger partial charge in [0, 0.05) is 39.5 Å². The summed E-state index contributed by atoms with van der Waals surface area (Å²) in [6, 6.07) is 12.2. The number of nitrogens with one attached hydrogen (secondary N) is 2. The molecular weight excluding hydrogens is 364 g/mol. The van der Waals surface area contributed by atoms with Crippen molar-refractivity contribution in [3.8, 4) is 0 Å². The van der Waals surface area contributed by atoms with Crippen LogP contribution in [0.1, 0.15) is 41.3 Å². The maximum atomic E-state index is 12.0. The number of ether oxygens (including phenoxy) is 1. The van der Waals surface area contributed by atoms with Gasteiger partial charge in [0.25, 0.3) is 5.91 Å². The lowest BCUT2D eigenvalue weighted by Crippen LogP contribution is -2.34. The Morgan fingerprint density at radius 3 is 2.79 bits per heavy atom. The van der Waals surface area contributed by atoms with E-state index in [2.05, 4.69) is 51.7 Å². The molecule has 0 aliphatic carbocycles. The second kappa shape index (κ2) is 10.9. The van der Waals surface area contributed by atoms with Gasteiger partial charge < -0.3 is 15.4 Å². The quantitative estimate of drug-likeness (QED) is 0.637. The van der Waals surface area contributed by atoms with Crippen molar-refractivity contribution in [2.45, 2.75) is 32.9 Å². The fraction of sp³-hybridized carbons (Fsp3) is 0.478. The smallest absolute Gasteiger partial charge is 0.252 e. The molecule has 6 nitrogen and oxygen atoms in total. The second-order valence-corrected chi connectivity index (χ2v) is 7.79. The Morgan fingerprint density at radius 1 is 1.24 bits per heavy atom. The van der Waals surface area contributed by atoms with E-state index in [0.717, 1.165) is 18.3 Å². The molecule has 29 heavy (non-hydrogen) atoms. The Kier molecular flexibility index (Phi) is 8.02. The predicted molar refractivity (Wildman–Crippen MR) is 116 cm³/mol. The number of carbonyl (C=O) groups excluding carboxylic acids is 1. The van der Waals surface area contributed by atoms with Crippen molar-refractivity contribution >= 4 is 11.7 Å². The second-order valence-electron chi connectivity index (χ2n) is 7.79. The molecule has 0 radical (unpaired) electrons. The van der Waals surface area contributed by atoms with Gasteiger partial charge in [-0.25, -0.2) is 4.98 Å². The molecule has 2 aromatic rings. The molecule has 1 aromatic heterocycles. The first-order valence-electron chi connectivity index (χ1n) is 10.4. The molecule has 1 fully saturated rings. The van der Waals surface area contributed by atoms with Crippen LogP contribution in [0.4, 0.5) is 5.82 Å². The molecule has 1 saturated heterocycles. The number of methoxy groups -OCH3 is 1. The Morgan fingerprint density at radius 2 is 2.07 bits per heavy atom. The summed E-state index contributed by atoms with van der Waals surface area (Å²) in [5, 5.41) is 6.18. The van der Waals surface area contributed by atoms with E-state index in [9.17, 15) is 4.79 Å².